The number of rotatable bonds is 5. The van der Waals surface area contributed by atoms with Gasteiger partial charge in [0, 0.05) is 49.8 Å². The predicted octanol–water partition coefficient (Wildman–Crippen LogP) is 1.41. The van der Waals surface area contributed by atoms with Gasteiger partial charge in [-0.25, -0.2) is 0 Å². The number of hydrazone groups is 1. The van der Waals surface area contributed by atoms with Crippen molar-refractivity contribution in [1.82, 2.24) is 9.80 Å². The van der Waals surface area contributed by atoms with Crippen molar-refractivity contribution in [2.45, 2.75) is 18.9 Å². The number of carbonyl (C=O) groups is 1. The van der Waals surface area contributed by atoms with Gasteiger partial charge in [0.2, 0.25) is 0 Å². The Kier molecular flexibility index (Phi) is 6.50. The summed E-state index contributed by atoms with van der Waals surface area (Å²) < 4.78 is 1.06. The zero-order chi connectivity index (χ0) is 18.5. The topological polar surface area (TPSA) is 85.4 Å². The molecule has 1 aromatic carbocycles. The monoisotopic (exact) mass is 423 g/mol. The van der Waals surface area contributed by atoms with E-state index >= 15 is 0 Å². The van der Waals surface area contributed by atoms with Crippen LogP contribution in [0.2, 0.25) is 0 Å². The second-order valence-corrected chi connectivity index (χ2v) is 7.77. The summed E-state index contributed by atoms with van der Waals surface area (Å²) in [4.78, 5) is 17.8. The number of carboxylic acid groups (broad SMARTS) is 1. The van der Waals surface area contributed by atoms with Gasteiger partial charge in [-0.2, -0.15) is 5.10 Å². The Labute approximate surface area is 162 Å². The number of aliphatic carboxylic acids is 1. The van der Waals surface area contributed by atoms with E-state index in [0.29, 0.717) is 6.04 Å². The van der Waals surface area contributed by atoms with Crippen molar-refractivity contribution in [3.8, 4) is 0 Å². The molecule has 2 aliphatic rings. The first-order valence-corrected chi connectivity index (χ1v) is 9.82. The minimum absolute atomic E-state index is 0.166. The average Bonchev–Trinajstić information content (AvgIpc) is 2.63. The lowest BCUT2D eigenvalue weighted by atomic mass is 10.0. The predicted molar refractivity (Wildman–Crippen MR) is 107 cm³/mol. The van der Waals surface area contributed by atoms with Crippen LogP contribution in [0.1, 0.15) is 18.4 Å². The van der Waals surface area contributed by atoms with Gasteiger partial charge in [-0.3, -0.25) is 14.6 Å². The maximum atomic E-state index is 10.8. The van der Waals surface area contributed by atoms with E-state index in [2.05, 4.69) is 36.9 Å². The number of hydrogen-bond donors (Lipinski definition) is 2. The zero-order valence-electron chi connectivity index (χ0n) is 14.9. The highest BCUT2D eigenvalue weighted by Crippen LogP contribution is 2.29. The molecule has 26 heavy (non-hydrogen) atoms. The molecule has 3 rings (SSSR count). The fourth-order valence-corrected chi connectivity index (χ4v) is 4.56. The lowest BCUT2D eigenvalue weighted by Crippen LogP contribution is -2.53. The third-order valence-electron chi connectivity index (χ3n) is 5.28. The van der Waals surface area contributed by atoms with Crippen LogP contribution in [-0.2, 0) is 4.79 Å². The number of halogens is 1. The smallest absolute Gasteiger partial charge is 0.317 e. The van der Waals surface area contributed by atoms with Crippen molar-refractivity contribution in [1.29, 1.82) is 0 Å². The van der Waals surface area contributed by atoms with Crippen molar-refractivity contribution in [2.24, 2.45) is 10.9 Å². The number of nitrogens with zero attached hydrogens (tertiary/aromatic N) is 4. The Morgan fingerprint density at radius 1 is 1.23 bits per heavy atom. The molecule has 0 amide bonds. The van der Waals surface area contributed by atoms with Gasteiger partial charge in [0.15, 0.2) is 0 Å². The second kappa shape index (κ2) is 8.83. The number of nitrogens with two attached hydrogens (primary N) is 1. The molecule has 0 aliphatic carbocycles. The molecule has 7 nitrogen and oxygen atoms in total. The Hall–Kier alpha value is -1.64. The number of carboxylic acids is 1. The molecule has 142 valence electrons. The number of piperidine rings is 1. The Morgan fingerprint density at radius 3 is 2.50 bits per heavy atom. The van der Waals surface area contributed by atoms with Crippen LogP contribution in [-0.4, -0.2) is 78.9 Å². The summed E-state index contributed by atoms with van der Waals surface area (Å²) in [6, 6.07) is 6.76. The highest BCUT2D eigenvalue weighted by molar-refractivity contribution is 9.10. The van der Waals surface area contributed by atoms with Crippen LogP contribution in [0.5, 0.6) is 0 Å². The molecule has 3 N–H and O–H groups in total. The number of benzene rings is 1. The summed E-state index contributed by atoms with van der Waals surface area (Å²) in [5.41, 5.74) is 2.19. The minimum Gasteiger partial charge on any atom is -0.480 e. The maximum absolute atomic E-state index is 10.8. The number of likely N-dealkylation sites (tertiary alicyclic amines) is 1. The van der Waals surface area contributed by atoms with Gasteiger partial charge >= 0.3 is 5.97 Å². The minimum atomic E-state index is -0.730. The molecule has 0 radical (unpaired) electrons. The fraction of sp³-hybridized carbons (Fsp3) is 0.556. The third kappa shape index (κ3) is 4.75. The van der Waals surface area contributed by atoms with Crippen molar-refractivity contribution in [2.75, 3.05) is 50.7 Å². The van der Waals surface area contributed by atoms with Gasteiger partial charge < -0.3 is 15.8 Å². The van der Waals surface area contributed by atoms with Crippen LogP contribution in [0.15, 0.2) is 27.8 Å². The fourth-order valence-electron chi connectivity index (χ4n) is 3.91. The van der Waals surface area contributed by atoms with Gasteiger partial charge in [0.1, 0.15) is 0 Å². The lowest BCUT2D eigenvalue weighted by molar-refractivity contribution is -0.138. The highest BCUT2D eigenvalue weighted by atomic mass is 79.9. The summed E-state index contributed by atoms with van der Waals surface area (Å²) in [6.07, 6.45) is 3.76. The van der Waals surface area contributed by atoms with Gasteiger partial charge in [-0.1, -0.05) is 6.07 Å². The first-order chi connectivity index (χ1) is 12.6. The van der Waals surface area contributed by atoms with Crippen LogP contribution in [0.25, 0.3) is 0 Å². The van der Waals surface area contributed by atoms with Crippen molar-refractivity contribution < 1.29 is 9.90 Å². The van der Waals surface area contributed by atoms with E-state index < -0.39 is 5.97 Å². The van der Waals surface area contributed by atoms with Crippen molar-refractivity contribution in [3.05, 3.63) is 28.2 Å². The summed E-state index contributed by atoms with van der Waals surface area (Å²) in [5, 5.41) is 12.5. The first kappa shape index (κ1) is 19.1. The van der Waals surface area contributed by atoms with Crippen LogP contribution >= 0.6 is 15.9 Å². The van der Waals surface area contributed by atoms with Crippen LogP contribution in [0.3, 0.4) is 0 Å². The van der Waals surface area contributed by atoms with Crippen molar-refractivity contribution in [3.63, 3.8) is 0 Å². The molecular formula is C18H26BrN5O2. The molecule has 0 saturated carbocycles. The zero-order valence-corrected chi connectivity index (χ0v) is 16.4. The van der Waals surface area contributed by atoms with E-state index in [1.165, 1.54) is 5.69 Å². The lowest BCUT2D eigenvalue weighted by Gasteiger charge is -2.43. The number of hydrogen-bond acceptors (Lipinski definition) is 6. The third-order valence-corrected chi connectivity index (χ3v) is 5.92. The number of piperazine rings is 1. The second-order valence-electron chi connectivity index (χ2n) is 6.91. The molecule has 2 fully saturated rings. The van der Waals surface area contributed by atoms with E-state index in [9.17, 15) is 4.79 Å². The molecule has 0 spiro atoms. The van der Waals surface area contributed by atoms with Crippen LogP contribution in [0, 0.1) is 0 Å². The van der Waals surface area contributed by atoms with Crippen molar-refractivity contribution >= 4 is 33.8 Å². The summed E-state index contributed by atoms with van der Waals surface area (Å²) in [5.74, 6) is 4.49. The Bertz CT molecular complexity index is 653. The Balaban J connectivity index is 1.51. The molecule has 0 unspecified atom stereocenters. The normalized spacial score (nSPS) is 20.7. The summed E-state index contributed by atoms with van der Waals surface area (Å²) in [7, 11) is 0. The van der Waals surface area contributed by atoms with Gasteiger partial charge in [0.05, 0.1) is 18.4 Å². The molecule has 0 bridgehead atoms. The van der Waals surface area contributed by atoms with Crippen LogP contribution < -0.4 is 10.7 Å². The SMILES string of the molecule is NN=Cc1ccc(N2CCN(C3CCN(CC(=O)O)CC3)CC2)c(Br)c1. The van der Waals surface area contributed by atoms with Gasteiger partial charge in [-0.05, 0) is 46.5 Å². The van der Waals surface area contributed by atoms with E-state index in [4.69, 9.17) is 10.9 Å². The van der Waals surface area contributed by atoms with E-state index in [1.54, 1.807) is 6.21 Å². The Morgan fingerprint density at radius 2 is 1.92 bits per heavy atom. The highest BCUT2D eigenvalue weighted by Gasteiger charge is 2.28. The van der Waals surface area contributed by atoms with Gasteiger partial charge in [0.25, 0.3) is 0 Å². The first-order valence-electron chi connectivity index (χ1n) is 9.03. The molecule has 8 heteroatoms. The molecule has 2 saturated heterocycles. The molecular weight excluding hydrogens is 398 g/mol. The molecule has 2 aliphatic heterocycles. The van der Waals surface area contributed by atoms with E-state index in [0.717, 1.165) is 62.1 Å². The largest absolute Gasteiger partial charge is 0.480 e. The molecule has 0 atom stereocenters. The maximum Gasteiger partial charge on any atom is 0.317 e. The molecule has 1 aromatic rings. The quantitative estimate of drug-likeness (QED) is 0.423. The molecule has 2 heterocycles. The van der Waals surface area contributed by atoms with Crippen LogP contribution in [0.4, 0.5) is 5.69 Å². The molecule has 0 aromatic heterocycles. The standard InChI is InChI=1S/C18H26BrN5O2/c19-16-11-14(12-21-20)1-2-17(16)24-9-7-23(8-10-24)15-3-5-22(6-4-15)13-18(25)26/h1-2,11-12,15H,3-10,13,20H2,(H,25,26). The van der Waals surface area contributed by atoms with Gasteiger partial charge in [-0.15, -0.1) is 0 Å². The number of anilines is 1. The van der Waals surface area contributed by atoms with E-state index in [1.807, 2.05) is 17.0 Å². The summed E-state index contributed by atoms with van der Waals surface area (Å²) in [6.45, 7) is 6.01. The van der Waals surface area contributed by atoms with E-state index in [-0.39, 0.29) is 6.54 Å². The average molecular weight is 424 g/mol. The summed E-state index contributed by atoms with van der Waals surface area (Å²) >= 11 is 3.66.